The lowest BCUT2D eigenvalue weighted by Crippen LogP contribution is -2.02. The van der Waals surface area contributed by atoms with Crippen LogP contribution >= 0.6 is 0 Å². The molecular weight excluding hydrogens is 234 g/mol. The lowest BCUT2D eigenvalue weighted by Gasteiger charge is -2.07. The molecule has 18 heavy (non-hydrogen) atoms. The molecule has 0 fully saturated rings. The summed E-state index contributed by atoms with van der Waals surface area (Å²) in [5.74, 6) is 0.444. The molecule has 98 valence electrons. The van der Waals surface area contributed by atoms with Gasteiger partial charge in [-0.05, 0) is 38.3 Å². The zero-order valence-corrected chi connectivity index (χ0v) is 10.6. The standard InChI is InChI=1S/C13H17NO4/c1-10-6-7-12(14(16)17)13(9-10)18-8-4-3-5-11(2)15/h6-7,9H,3-5,8H2,1-2H3. The van der Waals surface area contributed by atoms with Gasteiger partial charge in [0.15, 0.2) is 5.75 Å². The second-order valence-electron chi connectivity index (χ2n) is 4.24. The molecule has 0 unspecified atom stereocenters. The van der Waals surface area contributed by atoms with Crippen LogP contribution in [0.25, 0.3) is 0 Å². The molecule has 1 aromatic rings. The quantitative estimate of drug-likeness (QED) is 0.424. The Kier molecular flexibility index (Phi) is 5.30. The fourth-order valence-corrected chi connectivity index (χ4v) is 1.55. The zero-order chi connectivity index (χ0) is 13.5. The molecule has 0 radical (unpaired) electrons. The summed E-state index contributed by atoms with van der Waals surface area (Å²) in [4.78, 5) is 21.1. The van der Waals surface area contributed by atoms with E-state index in [1.54, 1.807) is 19.1 Å². The van der Waals surface area contributed by atoms with E-state index in [9.17, 15) is 14.9 Å². The number of Topliss-reactive ketones (excluding diaryl/α,β-unsaturated/α-hetero) is 1. The maximum Gasteiger partial charge on any atom is 0.310 e. The maximum atomic E-state index is 10.8. The van der Waals surface area contributed by atoms with Crippen LogP contribution in [0.15, 0.2) is 18.2 Å². The van der Waals surface area contributed by atoms with E-state index in [0.29, 0.717) is 25.2 Å². The van der Waals surface area contributed by atoms with Crippen LogP contribution in [0.5, 0.6) is 5.75 Å². The Bertz CT molecular complexity index is 443. The van der Waals surface area contributed by atoms with E-state index in [-0.39, 0.29) is 11.5 Å². The highest BCUT2D eigenvalue weighted by Gasteiger charge is 2.14. The number of ether oxygens (including phenoxy) is 1. The number of rotatable bonds is 7. The minimum absolute atomic E-state index is 0.0211. The van der Waals surface area contributed by atoms with Gasteiger partial charge in [0, 0.05) is 12.5 Å². The van der Waals surface area contributed by atoms with Crippen molar-refractivity contribution in [2.75, 3.05) is 6.61 Å². The normalized spacial score (nSPS) is 10.1. The maximum absolute atomic E-state index is 10.8. The minimum Gasteiger partial charge on any atom is -0.487 e. The van der Waals surface area contributed by atoms with Crippen molar-refractivity contribution in [3.63, 3.8) is 0 Å². The number of benzene rings is 1. The summed E-state index contributed by atoms with van der Waals surface area (Å²) in [5, 5.41) is 10.8. The summed E-state index contributed by atoms with van der Waals surface area (Å²) in [6.07, 6.45) is 1.99. The van der Waals surface area contributed by atoms with Crippen LogP contribution in [0.3, 0.4) is 0 Å². The topological polar surface area (TPSA) is 69.4 Å². The second kappa shape index (κ2) is 6.74. The van der Waals surface area contributed by atoms with Gasteiger partial charge in [-0.25, -0.2) is 0 Å². The number of nitro groups is 1. The predicted molar refractivity (Wildman–Crippen MR) is 67.9 cm³/mol. The predicted octanol–water partition coefficient (Wildman–Crippen LogP) is 3.04. The van der Waals surface area contributed by atoms with Gasteiger partial charge in [0.25, 0.3) is 0 Å². The number of aryl methyl sites for hydroxylation is 1. The summed E-state index contributed by atoms with van der Waals surface area (Å²) in [6, 6.07) is 4.78. The van der Waals surface area contributed by atoms with Crippen molar-refractivity contribution in [2.24, 2.45) is 0 Å². The smallest absolute Gasteiger partial charge is 0.310 e. The molecule has 0 amide bonds. The van der Waals surface area contributed by atoms with Crippen molar-refractivity contribution in [3.8, 4) is 5.75 Å². The van der Waals surface area contributed by atoms with Crippen LogP contribution in [-0.2, 0) is 4.79 Å². The van der Waals surface area contributed by atoms with E-state index in [1.807, 2.05) is 6.92 Å². The third kappa shape index (κ3) is 4.53. The minimum atomic E-state index is -0.454. The van der Waals surface area contributed by atoms with Crippen molar-refractivity contribution in [1.29, 1.82) is 0 Å². The summed E-state index contributed by atoms with van der Waals surface area (Å²) in [7, 11) is 0. The molecule has 0 aromatic heterocycles. The molecular formula is C13H17NO4. The summed E-state index contributed by atoms with van der Waals surface area (Å²) in [6.45, 7) is 3.79. The Hall–Kier alpha value is -1.91. The van der Waals surface area contributed by atoms with Crippen LogP contribution in [-0.4, -0.2) is 17.3 Å². The molecule has 0 atom stereocenters. The van der Waals surface area contributed by atoms with Gasteiger partial charge in [0.2, 0.25) is 0 Å². The van der Waals surface area contributed by atoms with E-state index in [1.165, 1.54) is 6.07 Å². The van der Waals surface area contributed by atoms with Crippen molar-refractivity contribution < 1.29 is 14.5 Å². The molecule has 0 N–H and O–H groups in total. The Morgan fingerprint density at radius 1 is 1.39 bits per heavy atom. The van der Waals surface area contributed by atoms with Gasteiger partial charge in [-0.1, -0.05) is 6.07 Å². The van der Waals surface area contributed by atoms with Crippen LogP contribution in [0.1, 0.15) is 31.7 Å². The first-order valence-electron chi connectivity index (χ1n) is 5.88. The first-order valence-corrected chi connectivity index (χ1v) is 5.88. The first-order chi connectivity index (χ1) is 8.50. The average Bonchev–Trinajstić information content (AvgIpc) is 2.27. The lowest BCUT2D eigenvalue weighted by atomic mass is 10.2. The fourth-order valence-electron chi connectivity index (χ4n) is 1.55. The Labute approximate surface area is 106 Å². The third-order valence-electron chi connectivity index (χ3n) is 2.49. The fraction of sp³-hybridized carbons (Fsp3) is 0.462. The van der Waals surface area contributed by atoms with Gasteiger partial charge in [0.1, 0.15) is 5.78 Å². The van der Waals surface area contributed by atoms with Gasteiger partial charge < -0.3 is 9.53 Å². The number of hydrogen-bond donors (Lipinski definition) is 0. The summed E-state index contributed by atoms with van der Waals surface area (Å²) < 4.78 is 5.41. The lowest BCUT2D eigenvalue weighted by molar-refractivity contribution is -0.385. The number of unbranched alkanes of at least 4 members (excludes halogenated alkanes) is 1. The Balaban J connectivity index is 2.53. The number of ketones is 1. The summed E-state index contributed by atoms with van der Waals surface area (Å²) in [5.41, 5.74) is 0.895. The van der Waals surface area contributed by atoms with Gasteiger partial charge in [-0.3, -0.25) is 10.1 Å². The van der Waals surface area contributed by atoms with E-state index in [0.717, 1.165) is 12.0 Å². The Morgan fingerprint density at radius 3 is 2.72 bits per heavy atom. The zero-order valence-electron chi connectivity index (χ0n) is 10.6. The van der Waals surface area contributed by atoms with Crippen molar-refractivity contribution in [3.05, 3.63) is 33.9 Å². The van der Waals surface area contributed by atoms with Gasteiger partial charge >= 0.3 is 5.69 Å². The largest absolute Gasteiger partial charge is 0.487 e. The van der Waals surface area contributed by atoms with Crippen molar-refractivity contribution in [1.82, 2.24) is 0 Å². The molecule has 0 aliphatic heterocycles. The molecule has 0 spiro atoms. The van der Waals surface area contributed by atoms with Crippen molar-refractivity contribution in [2.45, 2.75) is 33.1 Å². The second-order valence-corrected chi connectivity index (χ2v) is 4.24. The van der Waals surface area contributed by atoms with Crippen LogP contribution < -0.4 is 4.74 Å². The number of nitrogens with zero attached hydrogens (tertiary/aromatic N) is 1. The van der Waals surface area contributed by atoms with E-state index >= 15 is 0 Å². The third-order valence-corrected chi connectivity index (χ3v) is 2.49. The molecule has 0 heterocycles. The molecule has 0 bridgehead atoms. The monoisotopic (exact) mass is 251 g/mol. The van der Waals surface area contributed by atoms with E-state index < -0.39 is 4.92 Å². The SMILES string of the molecule is CC(=O)CCCCOc1cc(C)ccc1[N+](=O)[O-]. The molecule has 0 saturated carbocycles. The number of nitro benzene ring substituents is 1. The molecule has 1 aromatic carbocycles. The number of carbonyl (C=O) groups excluding carboxylic acids is 1. The van der Waals surface area contributed by atoms with Gasteiger partial charge in [-0.2, -0.15) is 0 Å². The number of hydrogen-bond acceptors (Lipinski definition) is 4. The summed E-state index contributed by atoms with van der Waals surface area (Å²) >= 11 is 0. The Morgan fingerprint density at radius 2 is 2.11 bits per heavy atom. The first kappa shape index (κ1) is 14.2. The number of carbonyl (C=O) groups is 1. The molecule has 0 aliphatic rings. The van der Waals surface area contributed by atoms with E-state index in [2.05, 4.69) is 0 Å². The van der Waals surface area contributed by atoms with E-state index in [4.69, 9.17) is 4.74 Å². The highest BCUT2D eigenvalue weighted by Crippen LogP contribution is 2.27. The molecule has 5 nitrogen and oxygen atoms in total. The highest BCUT2D eigenvalue weighted by molar-refractivity contribution is 5.75. The molecule has 0 aliphatic carbocycles. The van der Waals surface area contributed by atoms with Crippen LogP contribution in [0, 0.1) is 17.0 Å². The van der Waals surface area contributed by atoms with Crippen molar-refractivity contribution >= 4 is 11.5 Å². The van der Waals surface area contributed by atoms with Crippen LogP contribution in [0.4, 0.5) is 5.69 Å². The highest BCUT2D eigenvalue weighted by atomic mass is 16.6. The molecule has 0 saturated heterocycles. The molecule has 5 heteroatoms. The van der Waals surface area contributed by atoms with Gasteiger partial charge in [-0.15, -0.1) is 0 Å². The average molecular weight is 251 g/mol. The van der Waals surface area contributed by atoms with Gasteiger partial charge in [0.05, 0.1) is 11.5 Å². The van der Waals surface area contributed by atoms with Crippen LogP contribution in [0.2, 0.25) is 0 Å². The molecule has 1 rings (SSSR count).